The van der Waals surface area contributed by atoms with Gasteiger partial charge in [0.05, 0.1) is 6.04 Å². The van der Waals surface area contributed by atoms with Gasteiger partial charge >= 0.3 is 5.97 Å². The van der Waals surface area contributed by atoms with Crippen LogP contribution in [0.1, 0.15) is 33.1 Å². The Labute approximate surface area is 95.6 Å². The van der Waals surface area contributed by atoms with Gasteiger partial charge in [-0.25, -0.2) is 0 Å². The van der Waals surface area contributed by atoms with E-state index < -0.39 is 24.0 Å². The van der Waals surface area contributed by atoms with E-state index in [1.54, 1.807) is 4.90 Å². The van der Waals surface area contributed by atoms with Crippen molar-refractivity contribution in [1.29, 1.82) is 0 Å². The van der Waals surface area contributed by atoms with Gasteiger partial charge in [0, 0.05) is 6.54 Å². The first-order chi connectivity index (χ1) is 7.47. The third-order valence-electron chi connectivity index (χ3n) is 3.31. The molecule has 0 aromatic carbocycles. The van der Waals surface area contributed by atoms with Gasteiger partial charge in [0.15, 0.2) is 0 Å². The van der Waals surface area contributed by atoms with E-state index in [0.29, 0.717) is 25.3 Å². The fraction of sp³-hybridized carbons (Fsp3) is 0.818. The maximum atomic E-state index is 11.3. The predicted octanol–water partition coefficient (Wildman–Crippen LogP) is 0.435. The lowest BCUT2D eigenvalue weighted by molar-refractivity contribution is -0.148. The Morgan fingerprint density at radius 2 is 2.19 bits per heavy atom. The van der Waals surface area contributed by atoms with Crippen molar-refractivity contribution >= 4 is 11.9 Å². The van der Waals surface area contributed by atoms with Crippen LogP contribution in [0.3, 0.4) is 0 Å². The highest BCUT2D eigenvalue weighted by molar-refractivity contribution is 5.81. The van der Waals surface area contributed by atoms with Crippen molar-refractivity contribution in [3.63, 3.8) is 0 Å². The highest BCUT2D eigenvalue weighted by Gasteiger charge is 2.37. The number of amides is 1. The van der Waals surface area contributed by atoms with Gasteiger partial charge in [-0.2, -0.15) is 0 Å². The Kier molecular flexibility index (Phi) is 4.29. The second-order valence-electron chi connectivity index (χ2n) is 4.55. The smallest absolute Gasteiger partial charge is 0.320 e. The molecule has 1 aliphatic rings. The van der Waals surface area contributed by atoms with Crippen LogP contribution in [0.2, 0.25) is 0 Å². The summed E-state index contributed by atoms with van der Waals surface area (Å²) in [6.07, 6.45) is 2.08. The highest BCUT2D eigenvalue weighted by Crippen LogP contribution is 2.25. The molecular weight excluding hydrogens is 208 g/mol. The summed E-state index contributed by atoms with van der Waals surface area (Å²) in [5.74, 6) is -0.891. The molecule has 3 N–H and O–H groups in total. The number of nitrogens with two attached hydrogens (primary N) is 1. The minimum atomic E-state index is -0.855. The van der Waals surface area contributed by atoms with Crippen molar-refractivity contribution in [2.75, 3.05) is 6.54 Å². The van der Waals surface area contributed by atoms with Crippen molar-refractivity contribution in [3.05, 3.63) is 0 Å². The number of hydrogen-bond acceptors (Lipinski definition) is 3. The molecule has 1 saturated heterocycles. The molecule has 3 unspecified atom stereocenters. The van der Waals surface area contributed by atoms with Crippen LogP contribution < -0.4 is 5.73 Å². The number of hydrogen-bond donors (Lipinski definition) is 2. The van der Waals surface area contributed by atoms with Crippen LogP contribution in [0.25, 0.3) is 0 Å². The molecule has 5 nitrogen and oxygen atoms in total. The second-order valence-corrected chi connectivity index (χ2v) is 4.55. The number of primary amides is 1. The monoisotopic (exact) mass is 228 g/mol. The quantitative estimate of drug-likeness (QED) is 0.731. The third kappa shape index (κ3) is 2.72. The first-order valence-electron chi connectivity index (χ1n) is 5.75. The Morgan fingerprint density at radius 1 is 1.56 bits per heavy atom. The molecule has 0 spiro atoms. The van der Waals surface area contributed by atoms with E-state index in [0.717, 1.165) is 6.42 Å². The van der Waals surface area contributed by atoms with Crippen LogP contribution in [0.4, 0.5) is 0 Å². The van der Waals surface area contributed by atoms with E-state index in [1.165, 1.54) is 0 Å². The van der Waals surface area contributed by atoms with E-state index in [4.69, 9.17) is 10.8 Å². The summed E-state index contributed by atoms with van der Waals surface area (Å²) in [6.45, 7) is 4.53. The van der Waals surface area contributed by atoms with E-state index >= 15 is 0 Å². The summed E-state index contributed by atoms with van der Waals surface area (Å²) < 4.78 is 0. The zero-order valence-electron chi connectivity index (χ0n) is 9.85. The average Bonchev–Trinajstić information content (AvgIpc) is 2.20. The van der Waals surface area contributed by atoms with Crippen LogP contribution in [0, 0.1) is 5.92 Å². The van der Waals surface area contributed by atoms with E-state index in [1.807, 2.05) is 13.8 Å². The molecule has 0 bridgehead atoms. The zero-order valence-corrected chi connectivity index (χ0v) is 9.85. The second kappa shape index (κ2) is 5.30. The molecule has 5 heteroatoms. The van der Waals surface area contributed by atoms with Gasteiger partial charge < -0.3 is 10.8 Å². The van der Waals surface area contributed by atoms with Crippen molar-refractivity contribution in [3.8, 4) is 0 Å². The number of likely N-dealkylation sites (tertiary alicyclic amines) is 1. The summed E-state index contributed by atoms with van der Waals surface area (Å²) in [5, 5.41) is 9.16. The number of carboxylic acid groups (broad SMARTS) is 1. The van der Waals surface area contributed by atoms with Crippen LogP contribution in [-0.2, 0) is 9.59 Å². The van der Waals surface area contributed by atoms with E-state index in [2.05, 4.69) is 0 Å². The number of piperidine rings is 1. The maximum absolute atomic E-state index is 11.3. The molecule has 1 heterocycles. The normalized spacial score (nSPS) is 28.6. The summed E-state index contributed by atoms with van der Waals surface area (Å²) in [4.78, 5) is 24.2. The van der Waals surface area contributed by atoms with Gasteiger partial charge in [-0.05, 0) is 25.2 Å². The molecule has 1 fully saturated rings. The first kappa shape index (κ1) is 13.0. The van der Waals surface area contributed by atoms with Crippen molar-refractivity contribution in [2.45, 2.75) is 45.2 Å². The zero-order chi connectivity index (χ0) is 12.3. The van der Waals surface area contributed by atoms with Crippen molar-refractivity contribution in [1.82, 2.24) is 4.90 Å². The fourth-order valence-electron chi connectivity index (χ4n) is 2.37. The molecule has 0 radical (unpaired) electrons. The molecule has 0 saturated carbocycles. The topological polar surface area (TPSA) is 83.6 Å². The van der Waals surface area contributed by atoms with E-state index in [9.17, 15) is 9.59 Å². The van der Waals surface area contributed by atoms with Gasteiger partial charge in [-0.1, -0.05) is 13.8 Å². The fourth-order valence-corrected chi connectivity index (χ4v) is 2.37. The molecule has 1 amide bonds. The number of rotatable bonds is 4. The lowest BCUT2D eigenvalue weighted by Gasteiger charge is -2.39. The molecule has 0 aromatic heterocycles. The van der Waals surface area contributed by atoms with Gasteiger partial charge in [0.25, 0.3) is 0 Å². The SMILES string of the molecule is CCC(C(N)=O)N1CCC(C)CC1C(=O)O. The highest BCUT2D eigenvalue weighted by atomic mass is 16.4. The van der Waals surface area contributed by atoms with Crippen molar-refractivity contribution < 1.29 is 14.7 Å². The molecule has 16 heavy (non-hydrogen) atoms. The van der Waals surface area contributed by atoms with Crippen LogP contribution in [0.15, 0.2) is 0 Å². The Balaban J connectivity index is 2.82. The molecule has 92 valence electrons. The Bertz CT molecular complexity index is 280. The molecule has 1 rings (SSSR count). The largest absolute Gasteiger partial charge is 0.480 e. The Morgan fingerprint density at radius 3 is 2.62 bits per heavy atom. The van der Waals surface area contributed by atoms with Crippen LogP contribution in [-0.4, -0.2) is 40.5 Å². The van der Waals surface area contributed by atoms with Crippen LogP contribution >= 0.6 is 0 Å². The van der Waals surface area contributed by atoms with Gasteiger partial charge in [0.2, 0.25) is 5.91 Å². The molecule has 0 aromatic rings. The minimum absolute atomic E-state index is 0.391. The average molecular weight is 228 g/mol. The third-order valence-corrected chi connectivity index (χ3v) is 3.31. The molecule has 0 aliphatic carbocycles. The van der Waals surface area contributed by atoms with Crippen molar-refractivity contribution in [2.24, 2.45) is 11.7 Å². The summed E-state index contributed by atoms with van der Waals surface area (Å²) >= 11 is 0. The lowest BCUT2D eigenvalue weighted by Crippen LogP contribution is -2.55. The van der Waals surface area contributed by atoms with Crippen LogP contribution in [0.5, 0.6) is 0 Å². The van der Waals surface area contributed by atoms with E-state index in [-0.39, 0.29) is 0 Å². The number of nitrogens with zero attached hydrogens (tertiary/aromatic N) is 1. The molecular formula is C11H20N2O3. The Hall–Kier alpha value is -1.10. The predicted molar refractivity (Wildman–Crippen MR) is 59.8 cm³/mol. The number of aliphatic carboxylic acids is 1. The van der Waals surface area contributed by atoms with Gasteiger partial charge in [-0.3, -0.25) is 14.5 Å². The molecule has 3 atom stereocenters. The van der Waals surface area contributed by atoms with Gasteiger partial charge in [0.1, 0.15) is 6.04 Å². The summed E-state index contributed by atoms with van der Waals surface area (Å²) in [5.41, 5.74) is 5.30. The lowest BCUT2D eigenvalue weighted by atomic mass is 9.90. The summed E-state index contributed by atoms with van der Waals surface area (Å²) in [7, 11) is 0. The number of carbonyl (C=O) groups is 2. The molecule has 1 aliphatic heterocycles. The first-order valence-corrected chi connectivity index (χ1v) is 5.75. The number of carboxylic acids is 1. The standard InChI is InChI=1S/C11H20N2O3/c1-3-8(10(12)14)13-5-4-7(2)6-9(13)11(15)16/h7-9H,3-6H2,1-2H3,(H2,12,14)(H,15,16). The van der Waals surface area contributed by atoms with Gasteiger partial charge in [-0.15, -0.1) is 0 Å². The minimum Gasteiger partial charge on any atom is -0.480 e. The maximum Gasteiger partial charge on any atom is 0.320 e. The summed E-state index contributed by atoms with van der Waals surface area (Å²) in [6, 6.07) is -1.02. The number of carbonyl (C=O) groups excluding carboxylic acids is 1.